The topological polar surface area (TPSA) is 74.7 Å². The van der Waals surface area contributed by atoms with Crippen LogP contribution in [0.3, 0.4) is 0 Å². The van der Waals surface area contributed by atoms with Gasteiger partial charge >= 0.3 is 0 Å². The fraction of sp³-hybridized carbons (Fsp3) is 0.538. The second-order valence-corrected chi connectivity index (χ2v) is 5.01. The Kier molecular flexibility index (Phi) is 4.01. The van der Waals surface area contributed by atoms with Crippen LogP contribution in [-0.4, -0.2) is 60.4 Å². The number of hydrogen-bond donors (Lipinski definition) is 2. The van der Waals surface area contributed by atoms with Crippen LogP contribution in [0.25, 0.3) is 0 Å². The maximum absolute atomic E-state index is 11.7. The van der Waals surface area contributed by atoms with Crippen LogP contribution in [0.2, 0.25) is 0 Å². The van der Waals surface area contributed by atoms with Gasteiger partial charge in [0.15, 0.2) is 0 Å². The van der Waals surface area contributed by atoms with Gasteiger partial charge in [0.05, 0.1) is 12.2 Å². The minimum absolute atomic E-state index is 0.0816. The highest BCUT2D eigenvalue weighted by molar-refractivity contribution is 5.93. The summed E-state index contributed by atoms with van der Waals surface area (Å²) < 4.78 is 5.16. The van der Waals surface area contributed by atoms with Crippen LogP contribution >= 0.6 is 0 Å². The molecule has 1 aromatic heterocycles. The summed E-state index contributed by atoms with van der Waals surface area (Å²) in [6.07, 6.45) is 2.15. The van der Waals surface area contributed by atoms with Gasteiger partial charge in [-0.15, -0.1) is 0 Å². The van der Waals surface area contributed by atoms with Crippen LogP contribution in [-0.2, 0) is 4.74 Å². The Morgan fingerprint density at radius 2 is 2.37 bits per heavy atom. The molecule has 2 N–H and O–H groups in total. The number of anilines is 1. The minimum Gasteiger partial charge on any atom is -0.386 e. The van der Waals surface area contributed by atoms with Gasteiger partial charge in [-0.3, -0.25) is 4.79 Å². The molecule has 1 unspecified atom stereocenters. The Morgan fingerprint density at radius 3 is 2.89 bits per heavy atom. The first kappa shape index (κ1) is 13.8. The lowest BCUT2D eigenvalue weighted by molar-refractivity contribution is 0.0381. The van der Waals surface area contributed by atoms with Crippen LogP contribution in [0, 0.1) is 0 Å². The van der Waals surface area contributed by atoms with Gasteiger partial charge in [0.25, 0.3) is 5.91 Å². The number of aromatic nitrogens is 1. The van der Waals surface area contributed by atoms with E-state index in [-0.39, 0.29) is 5.91 Å². The molecule has 0 aromatic carbocycles. The molecule has 104 valence electrons. The molecule has 6 nitrogen and oxygen atoms in total. The van der Waals surface area contributed by atoms with Crippen molar-refractivity contribution in [3.8, 4) is 0 Å². The van der Waals surface area contributed by atoms with E-state index < -0.39 is 5.60 Å². The molecule has 0 spiro atoms. The van der Waals surface area contributed by atoms with Crippen molar-refractivity contribution in [2.24, 2.45) is 0 Å². The van der Waals surface area contributed by atoms with E-state index in [4.69, 9.17) is 4.74 Å². The van der Waals surface area contributed by atoms with Crippen molar-refractivity contribution < 1.29 is 14.6 Å². The van der Waals surface area contributed by atoms with Crippen molar-refractivity contribution in [3.63, 3.8) is 0 Å². The first-order chi connectivity index (χ1) is 9.00. The highest BCUT2D eigenvalue weighted by atomic mass is 16.5. The Labute approximate surface area is 112 Å². The summed E-state index contributed by atoms with van der Waals surface area (Å²) >= 11 is 0. The number of carbonyl (C=O) groups is 1. The molecule has 0 radical (unpaired) electrons. The van der Waals surface area contributed by atoms with E-state index in [1.165, 1.54) is 11.1 Å². The smallest absolute Gasteiger partial charge is 0.254 e. The summed E-state index contributed by atoms with van der Waals surface area (Å²) in [5.74, 6) is 0.553. The normalized spacial score (nSPS) is 22.3. The lowest BCUT2D eigenvalue weighted by atomic mass is 10.0. The number of rotatable bonds is 4. The molecule has 0 aliphatic carbocycles. The van der Waals surface area contributed by atoms with Gasteiger partial charge in [0.1, 0.15) is 11.4 Å². The summed E-state index contributed by atoms with van der Waals surface area (Å²) in [5.41, 5.74) is -0.279. The Balaban J connectivity index is 1.93. The van der Waals surface area contributed by atoms with Gasteiger partial charge in [-0.05, 0) is 12.1 Å². The van der Waals surface area contributed by atoms with Gasteiger partial charge in [0.2, 0.25) is 0 Å². The Bertz CT molecular complexity index is 439. The number of hydrogen-bond acceptors (Lipinski definition) is 5. The number of amides is 1. The predicted molar refractivity (Wildman–Crippen MR) is 71.1 cm³/mol. The third-order valence-corrected chi connectivity index (χ3v) is 3.10. The molecule has 1 saturated heterocycles. The van der Waals surface area contributed by atoms with Crippen molar-refractivity contribution in [1.29, 1.82) is 0 Å². The van der Waals surface area contributed by atoms with Crippen molar-refractivity contribution in [2.45, 2.75) is 12.0 Å². The zero-order valence-electron chi connectivity index (χ0n) is 11.2. The average Bonchev–Trinajstić information content (AvgIpc) is 2.83. The van der Waals surface area contributed by atoms with Gasteiger partial charge < -0.3 is 20.1 Å². The van der Waals surface area contributed by atoms with E-state index in [0.717, 1.165) is 0 Å². The lowest BCUT2D eigenvalue weighted by Crippen LogP contribution is -2.37. The number of ether oxygens (including phenoxy) is 1. The standard InChI is InChI=1S/C13H19N3O3/c1-16(2)12(17)10-3-4-11(14-7-10)15-8-13(18)5-6-19-9-13/h3-4,7,18H,5-6,8-9H2,1-2H3,(H,14,15). The summed E-state index contributed by atoms with van der Waals surface area (Å²) in [7, 11) is 3.40. The molecule has 0 saturated carbocycles. The molecule has 1 aromatic rings. The third-order valence-electron chi connectivity index (χ3n) is 3.10. The Hall–Kier alpha value is -1.66. The molecule has 1 aliphatic rings. The monoisotopic (exact) mass is 265 g/mol. The molecular formula is C13H19N3O3. The van der Waals surface area contributed by atoms with Crippen LogP contribution in [0.4, 0.5) is 5.82 Å². The van der Waals surface area contributed by atoms with E-state index in [2.05, 4.69) is 10.3 Å². The highest BCUT2D eigenvalue weighted by Crippen LogP contribution is 2.18. The molecule has 2 rings (SSSR count). The lowest BCUT2D eigenvalue weighted by Gasteiger charge is -2.21. The molecule has 19 heavy (non-hydrogen) atoms. The zero-order valence-corrected chi connectivity index (χ0v) is 11.2. The summed E-state index contributed by atoms with van der Waals surface area (Å²) in [6.45, 7) is 1.32. The van der Waals surface area contributed by atoms with Crippen molar-refractivity contribution in [1.82, 2.24) is 9.88 Å². The summed E-state index contributed by atoms with van der Waals surface area (Å²) in [4.78, 5) is 17.3. The van der Waals surface area contributed by atoms with Crippen LogP contribution < -0.4 is 5.32 Å². The maximum atomic E-state index is 11.7. The van der Waals surface area contributed by atoms with E-state index in [1.54, 1.807) is 26.2 Å². The minimum atomic E-state index is -0.820. The first-order valence-electron chi connectivity index (χ1n) is 6.22. The summed E-state index contributed by atoms with van der Waals surface area (Å²) in [6, 6.07) is 3.45. The van der Waals surface area contributed by atoms with Gasteiger partial charge in [-0.25, -0.2) is 4.98 Å². The molecule has 0 bridgehead atoms. The number of nitrogens with one attached hydrogen (secondary N) is 1. The van der Waals surface area contributed by atoms with Gasteiger partial charge in [-0.1, -0.05) is 0 Å². The zero-order chi connectivity index (χ0) is 13.9. The molecule has 6 heteroatoms. The van der Waals surface area contributed by atoms with Crippen LogP contribution in [0.1, 0.15) is 16.8 Å². The number of aliphatic hydroxyl groups is 1. The fourth-order valence-electron chi connectivity index (χ4n) is 1.87. The van der Waals surface area contributed by atoms with Gasteiger partial charge in [0, 0.05) is 39.9 Å². The molecular weight excluding hydrogens is 246 g/mol. The molecule has 1 amide bonds. The predicted octanol–water partition coefficient (Wildman–Crippen LogP) is 0.347. The molecule has 1 atom stereocenters. The van der Waals surface area contributed by atoms with Gasteiger partial charge in [-0.2, -0.15) is 0 Å². The van der Waals surface area contributed by atoms with Crippen molar-refractivity contribution in [3.05, 3.63) is 23.9 Å². The van der Waals surface area contributed by atoms with E-state index in [1.807, 2.05) is 0 Å². The SMILES string of the molecule is CN(C)C(=O)c1ccc(NCC2(O)CCOC2)nc1. The maximum Gasteiger partial charge on any atom is 0.254 e. The Morgan fingerprint density at radius 1 is 1.58 bits per heavy atom. The van der Waals surface area contributed by atoms with Crippen LogP contribution in [0.5, 0.6) is 0 Å². The van der Waals surface area contributed by atoms with Crippen molar-refractivity contribution in [2.75, 3.05) is 39.2 Å². The van der Waals surface area contributed by atoms with E-state index in [0.29, 0.717) is 37.6 Å². The largest absolute Gasteiger partial charge is 0.386 e. The first-order valence-corrected chi connectivity index (χ1v) is 6.22. The summed E-state index contributed by atoms with van der Waals surface area (Å²) in [5, 5.41) is 13.1. The molecule has 1 aliphatic heterocycles. The quantitative estimate of drug-likeness (QED) is 0.821. The third kappa shape index (κ3) is 3.42. The average molecular weight is 265 g/mol. The second kappa shape index (κ2) is 5.54. The number of pyridine rings is 1. The second-order valence-electron chi connectivity index (χ2n) is 5.01. The highest BCUT2D eigenvalue weighted by Gasteiger charge is 2.31. The molecule has 1 fully saturated rings. The van der Waals surface area contributed by atoms with E-state index >= 15 is 0 Å². The number of nitrogens with zero attached hydrogens (tertiary/aromatic N) is 2. The number of carbonyl (C=O) groups excluding carboxylic acids is 1. The van der Waals surface area contributed by atoms with E-state index in [9.17, 15) is 9.90 Å². The fourth-order valence-corrected chi connectivity index (χ4v) is 1.87. The molecule has 2 heterocycles. The van der Waals surface area contributed by atoms with Crippen molar-refractivity contribution >= 4 is 11.7 Å². The van der Waals surface area contributed by atoms with Crippen LogP contribution in [0.15, 0.2) is 18.3 Å².